The highest BCUT2D eigenvalue weighted by atomic mass is 16.5. The predicted molar refractivity (Wildman–Crippen MR) is 80.0 cm³/mol. The second kappa shape index (κ2) is 6.74. The van der Waals surface area contributed by atoms with Gasteiger partial charge < -0.3 is 14.6 Å². The molecule has 1 N–H and O–H groups in total. The number of aliphatic hydroxyl groups is 1. The summed E-state index contributed by atoms with van der Waals surface area (Å²) in [6.07, 6.45) is -1.46. The summed E-state index contributed by atoms with van der Waals surface area (Å²) < 4.78 is 11.1. The lowest BCUT2D eigenvalue weighted by Gasteiger charge is -2.15. The number of carbonyl (C=O) groups excluding carboxylic acids is 2. The Morgan fingerprint density at radius 1 is 1.26 bits per heavy atom. The fourth-order valence-electron chi connectivity index (χ4n) is 2.35. The smallest absolute Gasteiger partial charge is 0.358 e. The second-order valence-electron chi connectivity index (χ2n) is 4.87. The molecule has 124 valence electrons. The molecule has 0 saturated heterocycles. The predicted octanol–water partition coefficient (Wildman–Crippen LogP) is 1.12. The Bertz CT molecular complexity index is 753. The molecule has 2 aromatic rings. The molecular weight excluding hydrogens is 302 g/mol. The standard InChI is InChI=1S/C15H19N3O5/c1-5-22-14(20)10-7-11-16-8(3)12(9(4)18(11)17-10)13(19)15(21)23-6-2/h7,13,19H,5-6H2,1-4H3. The van der Waals surface area contributed by atoms with Crippen molar-refractivity contribution in [3.63, 3.8) is 0 Å². The highest BCUT2D eigenvalue weighted by Gasteiger charge is 2.26. The van der Waals surface area contributed by atoms with E-state index in [-0.39, 0.29) is 18.9 Å². The van der Waals surface area contributed by atoms with E-state index in [1.54, 1.807) is 27.7 Å². The first-order valence-electron chi connectivity index (χ1n) is 7.29. The van der Waals surface area contributed by atoms with Crippen molar-refractivity contribution in [3.8, 4) is 0 Å². The van der Waals surface area contributed by atoms with Crippen LogP contribution in [0.1, 0.15) is 47.4 Å². The SMILES string of the molecule is CCOC(=O)c1cc2nc(C)c(C(O)C(=O)OCC)c(C)n2n1. The van der Waals surface area contributed by atoms with E-state index in [2.05, 4.69) is 10.1 Å². The molecule has 0 aliphatic rings. The first kappa shape index (κ1) is 16.9. The topological polar surface area (TPSA) is 103 Å². The zero-order chi connectivity index (χ0) is 17.1. The van der Waals surface area contributed by atoms with Gasteiger partial charge in [-0.3, -0.25) is 0 Å². The van der Waals surface area contributed by atoms with Gasteiger partial charge in [-0.1, -0.05) is 0 Å². The molecule has 0 aliphatic heterocycles. The van der Waals surface area contributed by atoms with Crippen LogP contribution in [0.15, 0.2) is 6.07 Å². The Hall–Kier alpha value is -2.48. The third kappa shape index (κ3) is 3.16. The van der Waals surface area contributed by atoms with E-state index in [1.807, 2.05) is 0 Å². The van der Waals surface area contributed by atoms with Crippen molar-refractivity contribution in [2.45, 2.75) is 33.8 Å². The Balaban J connectivity index is 2.52. The number of aliphatic hydroxyl groups excluding tert-OH is 1. The van der Waals surface area contributed by atoms with E-state index in [1.165, 1.54) is 10.6 Å². The summed E-state index contributed by atoms with van der Waals surface area (Å²) in [5.41, 5.74) is 1.83. The van der Waals surface area contributed by atoms with Crippen LogP contribution < -0.4 is 0 Å². The zero-order valence-corrected chi connectivity index (χ0v) is 13.5. The molecule has 8 heteroatoms. The minimum Gasteiger partial charge on any atom is -0.464 e. The molecule has 1 atom stereocenters. The molecule has 0 aliphatic carbocycles. The third-order valence-electron chi connectivity index (χ3n) is 3.34. The minimum absolute atomic E-state index is 0.115. The number of esters is 2. The molecule has 1 unspecified atom stereocenters. The van der Waals surface area contributed by atoms with Crippen LogP contribution in [0.3, 0.4) is 0 Å². The fourth-order valence-corrected chi connectivity index (χ4v) is 2.35. The highest BCUT2D eigenvalue weighted by Crippen LogP contribution is 2.23. The average Bonchev–Trinajstić information content (AvgIpc) is 2.91. The summed E-state index contributed by atoms with van der Waals surface area (Å²) in [6, 6.07) is 1.50. The first-order chi connectivity index (χ1) is 10.9. The van der Waals surface area contributed by atoms with Crippen LogP contribution >= 0.6 is 0 Å². The number of fused-ring (bicyclic) bond motifs is 1. The number of carbonyl (C=O) groups is 2. The van der Waals surface area contributed by atoms with E-state index >= 15 is 0 Å². The molecule has 0 spiro atoms. The molecule has 0 bridgehead atoms. The summed E-state index contributed by atoms with van der Waals surface area (Å²) in [4.78, 5) is 27.8. The van der Waals surface area contributed by atoms with Gasteiger partial charge in [0.15, 0.2) is 17.4 Å². The lowest BCUT2D eigenvalue weighted by molar-refractivity contribution is -0.153. The van der Waals surface area contributed by atoms with Gasteiger partial charge in [-0.25, -0.2) is 19.1 Å². The molecule has 2 aromatic heterocycles. The molecule has 8 nitrogen and oxygen atoms in total. The lowest BCUT2D eigenvalue weighted by atomic mass is 10.1. The minimum atomic E-state index is -1.46. The maximum absolute atomic E-state index is 11.8. The number of aryl methyl sites for hydroxylation is 2. The summed E-state index contributed by atoms with van der Waals surface area (Å²) in [7, 11) is 0. The van der Waals surface area contributed by atoms with E-state index in [4.69, 9.17) is 9.47 Å². The Morgan fingerprint density at radius 3 is 2.52 bits per heavy atom. The number of hydrogen-bond donors (Lipinski definition) is 1. The van der Waals surface area contributed by atoms with Gasteiger partial charge in [-0.05, 0) is 27.7 Å². The van der Waals surface area contributed by atoms with E-state index in [0.717, 1.165) is 0 Å². The van der Waals surface area contributed by atoms with Gasteiger partial charge >= 0.3 is 11.9 Å². The van der Waals surface area contributed by atoms with Crippen LogP contribution in [0.25, 0.3) is 5.65 Å². The van der Waals surface area contributed by atoms with Crippen molar-refractivity contribution in [2.24, 2.45) is 0 Å². The summed E-state index contributed by atoms with van der Waals surface area (Å²) in [5, 5.41) is 14.3. The molecule has 2 heterocycles. The number of hydrogen-bond acceptors (Lipinski definition) is 7. The Labute approximate surface area is 133 Å². The normalized spacial score (nSPS) is 12.2. The molecule has 0 aromatic carbocycles. The number of nitrogens with zero attached hydrogens (tertiary/aromatic N) is 3. The molecule has 0 amide bonds. The summed E-state index contributed by atoms with van der Waals surface area (Å²) in [6.45, 7) is 7.12. The van der Waals surface area contributed by atoms with Gasteiger partial charge in [0.25, 0.3) is 0 Å². The molecular formula is C15H19N3O5. The van der Waals surface area contributed by atoms with Crippen molar-refractivity contribution in [1.82, 2.24) is 14.6 Å². The number of aromatic nitrogens is 3. The van der Waals surface area contributed by atoms with Crippen LogP contribution in [0, 0.1) is 13.8 Å². The van der Waals surface area contributed by atoms with Gasteiger partial charge in [0, 0.05) is 23.0 Å². The van der Waals surface area contributed by atoms with Crippen molar-refractivity contribution >= 4 is 17.6 Å². The third-order valence-corrected chi connectivity index (χ3v) is 3.34. The van der Waals surface area contributed by atoms with E-state index in [0.29, 0.717) is 22.6 Å². The zero-order valence-electron chi connectivity index (χ0n) is 13.5. The van der Waals surface area contributed by atoms with Crippen molar-refractivity contribution < 1.29 is 24.2 Å². The van der Waals surface area contributed by atoms with Gasteiger partial charge in [-0.15, -0.1) is 0 Å². The van der Waals surface area contributed by atoms with Gasteiger partial charge in [0.05, 0.1) is 13.2 Å². The van der Waals surface area contributed by atoms with Crippen LogP contribution in [-0.2, 0) is 14.3 Å². The first-order valence-corrected chi connectivity index (χ1v) is 7.29. The molecule has 0 fully saturated rings. The van der Waals surface area contributed by atoms with E-state index < -0.39 is 18.0 Å². The summed E-state index contributed by atoms with van der Waals surface area (Å²) >= 11 is 0. The van der Waals surface area contributed by atoms with Gasteiger partial charge in [0.2, 0.25) is 0 Å². The molecule has 0 saturated carbocycles. The number of ether oxygens (including phenoxy) is 2. The highest BCUT2D eigenvalue weighted by molar-refractivity contribution is 5.88. The van der Waals surface area contributed by atoms with Crippen LogP contribution in [0.5, 0.6) is 0 Å². The second-order valence-corrected chi connectivity index (χ2v) is 4.87. The quantitative estimate of drug-likeness (QED) is 0.823. The molecule has 23 heavy (non-hydrogen) atoms. The molecule has 2 rings (SSSR count). The Morgan fingerprint density at radius 2 is 1.91 bits per heavy atom. The number of rotatable bonds is 5. The summed E-state index contributed by atoms with van der Waals surface area (Å²) in [5.74, 6) is -1.31. The molecule has 0 radical (unpaired) electrons. The average molecular weight is 321 g/mol. The van der Waals surface area contributed by atoms with Gasteiger partial charge in [-0.2, -0.15) is 5.10 Å². The van der Waals surface area contributed by atoms with Crippen LogP contribution in [0.2, 0.25) is 0 Å². The van der Waals surface area contributed by atoms with Crippen molar-refractivity contribution in [1.29, 1.82) is 0 Å². The van der Waals surface area contributed by atoms with Crippen molar-refractivity contribution in [2.75, 3.05) is 13.2 Å². The van der Waals surface area contributed by atoms with Crippen LogP contribution in [0.4, 0.5) is 0 Å². The lowest BCUT2D eigenvalue weighted by Crippen LogP contribution is -2.19. The van der Waals surface area contributed by atoms with E-state index in [9.17, 15) is 14.7 Å². The fraction of sp³-hybridized carbons (Fsp3) is 0.467. The Kier molecular flexibility index (Phi) is 4.95. The maximum Gasteiger partial charge on any atom is 0.358 e. The van der Waals surface area contributed by atoms with Gasteiger partial charge in [0.1, 0.15) is 0 Å². The monoisotopic (exact) mass is 321 g/mol. The largest absolute Gasteiger partial charge is 0.464 e. The maximum atomic E-state index is 11.8. The van der Waals surface area contributed by atoms with Crippen molar-refractivity contribution in [3.05, 3.63) is 28.7 Å². The van der Waals surface area contributed by atoms with Crippen LogP contribution in [-0.4, -0.2) is 44.9 Å².